The number of aryl methyl sites for hydroxylation is 1. The highest BCUT2D eigenvalue weighted by molar-refractivity contribution is 5.93. The third-order valence-corrected chi connectivity index (χ3v) is 4.38. The van der Waals surface area contributed by atoms with Crippen molar-refractivity contribution in [1.82, 2.24) is 20.2 Å². The van der Waals surface area contributed by atoms with E-state index in [-0.39, 0.29) is 11.9 Å². The summed E-state index contributed by atoms with van der Waals surface area (Å²) in [6.07, 6.45) is 2.76. The van der Waals surface area contributed by atoms with E-state index in [1.54, 1.807) is 17.9 Å². The van der Waals surface area contributed by atoms with Crippen molar-refractivity contribution in [2.45, 2.75) is 32.2 Å². The van der Waals surface area contributed by atoms with Crippen molar-refractivity contribution < 1.29 is 13.8 Å². The Morgan fingerprint density at radius 3 is 2.76 bits per heavy atom. The molecule has 0 radical (unpaired) electrons. The molecule has 1 atom stereocenters. The first-order valence-corrected chi connectivity index (χ1v) is 8.35. The molecule has 3 heterocycles. The highest BCUT2D eigenvalue weighted by Gasteiger charge is 2.33. The van der Waals surface area contributed by atoms with E-state index in [0.29, 0.717) is 29.7 Å². The average Bonchev–Trinajstić information content (AvgIpc) is 3.31. The third kappa shape index (κ3) is 3.05. The Balaban J connectivity index is 1.60. The van der Waals surface area contributed by atoms with E-state index in [0.717, 1.165) is 24.8 Å². The molecule has 7 nitrogen and oxygen atoms in total. The van der Waals surface area contributed by atoms with Crippen LogP contribution in [0, 0.1) is 6.92 Å². The number of benzene rings is 1. The van der Waals surface area contributed by atoms with Crippen LogP contribution in [-0.2, 0) is 0 Å². The molecule has 0 spiro atoms. The van der Waals surface area contributed by atoms with Crippen LogP contribution in [0.4, 0.5) is 0 Å². The molecular weight excluding hydrogens is 320 g/mol. The average molecular weight is 338 g/mol. The van der Waals surface area contributed by atoms with Crippen LogP contribution in [0.25, 0.3) is 11.3 Å². The van der Waals surface area contributed by atoms with E-state index in [1.807, 2.05) is 30.3 Å². The van der Waals surface area contributed by atoms with E-state index >= 15 is 0 Å². The summed E-state index contributed by atoms with van der Waals surface area (Å²) in [5, 5.41) is 7.81. The maximum atomic E-state index is 12.9. The van der Waals surface area contributed by atoms with Crippen LogP contribution < -0.4 is 0 Å². The first-order chi connectivity index (χ1) is 12.2. The van der Waals surface area contributed by atoms with Gasteiger partial charge in [-0.3, -0.25) is 4.79 Å². The van der Waals surface area contributed by atoms with Gasteiger partial charge in [-0.25, -0.2) is 0 Å². The predicted molar refractivity (Wildman–Crippen MR) is 88.6 cm³/mol. The lowest BCUT2D eigenvalue weighted by Crippen LogP contribution is -2.38. The van der Waals surface area contributed by atoms with Crippen LogP contribution in [0.5, 0.6) is 0 Å². The molecule has 1 aromatic carbocycles. The van der Waals surface area contributed by atoms with Gasteiger partial charge >= 0.3 is 0 Å². The molecule has 0 aliphatic carbocycles. The molecule has 1 amide bonds. The van der Waals surface area contributed by atoms with Gasteiger partial charge in [0.2, 0.25) is 5.89 Å². The van der Waals surface area contributed by atoms with Gasteiger partial charge in [-0.05, 0) is 26.2 Å². The van der Waals surface area contributed by atoms with Gasteiger partial charge in [0.1, 0.15) is 6.04 Å². The molecule has 0 saturated carbocycles. The van der Waals surface area contributed by atoms with Crippen molar-refractivity contribution in [3.63, 3.8) is 0 Å². The number of rotatable bonds is 3. The largest absolute Gasteiger partial charge is 0.355 e. The summed E-state index contributed by atoms with van der Waals surface area (Å²) >= 11 is 0. The number of amides is 1. The van der Waals surface area contributed by atoms with Crippen LogP contribution >= 0.6 is 0 Å². The zero-order valence-electron chi connectivity index (χ0n) is 13.9. The monoisotopic (exact) mass is 338 g/mol. The summed E-state index contributed by atoms with van der Waals surface area (Å²) in [7, 11) is 0. The topological polar surface area (TPSA) is 85.3 Å². The molecule has 1 aliphatic heterocycles. The zero-order valence-corrected chi connectivity index (χ0v) is 13.9. The second-order valence-corrected chi connectivity index (χ2v) is 6.13. The Kier molecular flexibility index (Phi) is 4.05. The molecule has 4 rings (SSSR count). The smallest absolute Gasteiger partial charge is 0.276 e. The highest BCUT2D eigenvalue weighted by Crippen LogP contribution is 2.31. The highest BCUT2D eigenvalue weighted by atomic mass is 16.5. The minimum Gasteiger partial charge on any atom is -0.355 e. The van der Waals surface area contributed by atoms with Gasteiger partial charge in [0.15, 0.2) is 17.3 Å². The summed E-state index contributed by atoms with van der Waals surface area (Å²) in [4.78, 5) is 19.0. The molecule has 128 valence electrons. The molecule has 7 heteroatoms. The maximum Gasteiger partial charge on any atom is 0.276 e. The minimum absolute atomic E-state index is 0.175. The molecular formula is C18H18N4O3. The van der Waals surface area contributed by atoms with Crippen molar-refractivity contribution >= 4 is 5.91 Å². The second-order valence-electron chi connectivity index (χ2n) is 6.13. The lowest BCUT2D eigenvalue weighted by Gasteiger charge is -2.32. The van der Waals surface area contributed by atoms with Crippen molar-refractivity contribution in [1.29, 1.82) is 0 Å². The number of aromatic nitrogens is 3. The van der Waals surface area contributed by atoms with E-state index in [1.165, 1.54) is 0 Å². The normalized spacial score (nSPS) is 17.6. The van der Waals surface area contributed by atoms with Crippen molar-refractivity contribution in [2.75, 3.05) is 6.54 Å². The van der Waals surface area contributed by atoms with Crippen LogP contribution in [0.2, 0.25) is 0 Å². The van der Waals surface area contributed by atoms with Crippen molar-refractivity contribution in [2.24, 2.45) is 0 Å². The van der Waals surface area contributed by atoms with Crippen LogP contribution in [0.1, 0.15) is 47.5 Å². The molecule has 0 unspecified atom stereocenters. The van der Waals surface area contributed by atoms with E-state index < -0.39 is 0 Å². The van der Waals surface area contributed by atoms with Crippen LogP contribution in [0.3, 0.4) is 0 Å². The molecule has 25 heavy (non-hydrogen) atoms. The summed E-state index contributed by atoms with van der Waals surface area (Å²) in [6.45, 7) is 2.41. The minimum atomic E-state index is -0.209. The van der Waals surface area contributed by atoms with Gasteiger partial charge in [0.05, 0.1) is 0 Å². The SMILES string of the molecule is Cc1noc([C@@H]2CCCCN2C(=O)c2cc(-c3ccccc3)on2)n1. The number of hydrogen-bond acceptors (Lipinski definition) is 6. The van der Waals surface area contributed by atoms with Crippen LogP contribution in [0.15, 0.2) is 45.4 Å². The molecule has 0 N–H and O–H groups in total. The van der Waals surface area contributed by atoms with Gasteiger partial charge < -0.3 is 13.9 Å². The Morgan fingerprint density at radius 2 is 2.00 bits per heavy atom. The van der Waals surface area contributed by atoms with Gasteiger partial charge in [-0.15, -0.1) is 0 Å². The second kappa shape index (κ2) is 6.51. The lowest BCUT2D eigenvalue weighted by atomic mass is 10.0. The summed E-state index contributed by atoms with van der Waals surface area (Å²) in [5.41, 5.74) is 1.18. The van der Waals surface area contributed by atoms with Gasteiger partial charge in [-0.2, -0.15) is 4.98 Å². The van der Waals surface area contributed by atoms with E-state index in [9.17, 15) is 4.79 Å². The zero-order chi connectivity index (χ0) is 17.2. The fraction of sp³-hybridized carbons (Fsp3) is 0.333. The van der Waals surface area contributed by atoms with Crippen LogP contribution in [-0.4, -0.2) is 32.6 Å². The Hall–Kier alpha value is -2.96. The number of likely N-dealkylation sites (tertiary alicyclic amines) is 1. The van der Waals surface area contributed by atoms with Gasteiger partial charge in [0, 0.05) is 18.2 Å². The fourth-order valence-electron chi connectivity index (χ4n) is 3.14. The summed E-state index contributed by atoms with van der Waals surface area (Å²) in [5.74, 6) is 1.45. The number of carbonyl (C=O) groups excluding carboxylic acids is 1. The quantitative estimate of drug-likeness (QED) is 0.727. The van der Waals surface area contributed by atoms with Gasteiger partial charge in [0.25, 0.3) is 5.91 Å². The Bertz CT molecular complexity index is 871. The first kappa shape index (κ1) is 15.6. The molecule has 3 aromatic rings. The van der Waals surface area contributed by atoms with Gasteiger partial charge in [-0.1, -0.05) is 40.6 Å². The number of nitrogens with zero attached hydrogens (tertiary/aromatic N) is 4. The third-order valence-electron chi connectivity index (χ3n) is 4.38. The standard InChI is InChI=1S/C18H18N4O3/c1-12-19-17(25-20-12)15-9-5-6-10-22(15)18(23)14-11-16(24-21-14)13-7-3-2-4-8-13/h2-4,7-8,11,15H,5-6,9-10H2,1H3/t15-/m0/s1. The predicted octanol–water partition coefficient (Wildman–Crippen LogP) is 3.40. The number of piperidine rings is 1. The fourth-order valence-corrected chi connectivity index (χ4v) is 3.14. The molecule has 1 aliphatic rings. The number of hydrogen-bond donors (Lipinski definition) is 0. The van der Waals surface area contributed by atoms with E-state index in [4.69, 9.17) is 9.05 Å². The number of carbonyl (C=O) groups is 1. The summed E-state index contributed by atoms with van der Waals surface area (Å²) < 4.78 is 10.7. The van der Waals surface area contributed by atoms with Crippen molar-refractivity contribution in [3.8, 4) is 11.3 Å². The molecule has 0 bridgehead atoms. The first-order valence-electron chi connectivity index (χ1n) is 8.35. The molecule has 2 aromatic heterocycles. The molecule has 1 saturated heterocycles. The Morgan fingerprint density at radius 1 is 1.16 bits per heavy atom. The molecule has 1 fully saturated rings. The maximum absolute atomic E-state index is 12.9. The van der Waals surface area contributed by atoms with Crippen molar-refractivity contribution in [3.05, 3.63) is 53.8 Å². The van der Waals surface area contributed by atoms with E-state index in [2.05, 4.69) is 15.3 Å². The lowest BCUT2D eigenvalue weighted by molar-refractivity contribution is 0.0551. The Labute approximate surface area is 144 Å². The summed E-state index contributed by atoms with van der Waals surface area (Å²) in [6, 6.07) is 11.1.